The number of nitrogens with zero attached hydrogens (tertiary/aromatic N) is 4. The first kappa shape index (κ1) is 9.06. The highest BCUT2D eigenvalue weighted by Gasteiger charge is 1.70. The van der Waals surface area contributed by atoms with Crippen LogP contribution in [0.15, 0.2) is 12.7 Å². The van der Waals surface area contributed by atoms with Crippen LogP contribution in [-0.2, 0) is 7.05 Å². The van der Waals surface area contributed by atoms with Gasteiger partial charge in [-0.05, 0) is 0 Å². The molecular formula is C5H13N5. The van der Waals surface area contributed by atoms with E-state index in [1.807, 2.05) is 7.05 Å². The summed E-state index contributed by atoms with van der Waals surface area (Å²) < 4.78 is 1.64. The van der Waals surface area contributed by atoms with Crippen LogP contribution in [0.1, 0.15) is 0 Å². The molecule has 1 heterocycles. The van der Waals surface area contributed by atoms with Crippen molar-refractivity contribution >= 4 is 0 Å². The van der Waals surface area contributed by atoms with Gasteiger partial charge in [0.05, 0.1) is 0 Å². The fourth-order valence-electron chi connectivity index (χ4n) is 0.267. The summed E-state index contributed by atoms with van der Waals surface area (Å²) in [7, 11) is 5.38. The summed E-state index contributed by atoms with van der Waals surface area (Å²) in [6.07, 6.45) is 3.14. The zero-order chi connectivity index (χ0) is 7.98. The molecule has 0 unspecified atom stereocenters. The molecule has 0 radical (unpaired) electrons. The van der Waals surface area contributed by atoms with Gasteiger partial charge in [0.2, 0.25) is 0 Å². The van der Waals surface area contributed by atoms with E-state index in [4.69, 9.17) is 5.84 Å². The molecule has 0 saturated carbocycles. The van der Waals surface area contributed by atoms with Crippen LogP contribution in [-0.4, -0.2) is 33.9 Å². The van der Waals surface area contributed by atoms with Crippen molar-refractivity contribution in [3.8, 4) is 0 Å². The van der Waals surface area contributed by atoms with Crippen molar-refractivity contribution in [2.45, 2.75) is 0 Å². The number of hydrogen-bond acceptors (Lipinski definition) is 4. The molecule has 0 aliphatic heterocycles. The number of rotatable bonds is 0. The Hall–Kier alpha value is -0.940. The minimum atomic E-state index is 1.50. The van der Waals surface area contributed by atoms with Gasteiger partial charge in [0.15, 0.2) is 0 Å². The summed E-state index contributed by atoms with van der Waals surface area (Å²) in [5.41, 5.74) is 0. The molecule has 0 atom stereocenters. The lowest BCUT2D eigenvalue weighted by Crippen LogP contribution is -2.18. The minimum Gasteiger partial charge on any atom is -0.269 e. The van der Waals surface area contributed by atoms with Crippen molar-refractivity contribution in [3.05, 3.63) is 12.7 Å². The van der Waals surface area contributed by atoms with Gasteiger partial charge in [-0.1, -0.05) is 0 Å². The molecule has 0 amide bonds. The molecule has 10 heavy (non-hydrogen) atoms. The lowest BCUT2D eigenvalue weighted by Gasteiger charge is -1.91. The quantitative estimate of drug-likeness (QED) is 0.383. The largest absolute Gasteiger partial charge is 0.269 e. The van der Waals surface area contributed by atoms with Crippen LogP contribution in [0.4, 0.5) is 0 Å². The highest BCUT2D eigenvalue weighted by atomic mass is 15.4. The molecule has 5 heteroatoms. The summed E-state index contributed by atoms with van der Waals surface area (Å²) >= 11 is 0. The molecular weight excluding hydrogens is 130 g/mol. The predicted octanol–water partition coefficient (Wildman–Crippen LogP) is -0.763. The average molecular weight is 143 g/mol. The number of aromatic nitrogens is 3. The lowest BCUT2D eigenvalue weighted by atomic mass is 11.2. The van der Waals surface area contributed by atoms with Crippen LogP contribution in [0.5, 0.6) is 0 Å². The van der Waals surface area contributed by atoms with E-state index in [0.29, 0.717) is 0 Å². The monoisotopic (exact) mass is 143 g/mol. The van der Waals surface area contributed by atoms with Gasteiger partial charge in [0.25, 0.3) is 0 Å². The molecule has 0 bridgehead atoms. The van der Waals surface area contributed by atoms with Crippen molar-refractivity contribution in [2.75, 3.05) is 14.1 Å². The third kappa shape index (κ3) is 7.06. The molecule has 0 aromatic carbocycles. The fraction of sp³-hybridized carbons (Fsp3) is 0.600. The highest BCUT2D eigenvalue weighted by molar-refractivity contribution is 4.49. The van der Waals surface area contributed by atoms with E-state index >= 15 is 0 Å². The molecule has 0 fully saturated rings. The molecule has 1 aromatic heterocycles. The van der Waals surface area contributed by atoms with Crippen LogP contribution in [0.2, 0.25) is 0 Å². The molecule has 0 spiro atoms. The first-order chi connectivity index (χ1) is 4.63. The van der Waals surface area contributed by atoms with Crippen LogP contribution in [0.3, 0.4) is 0 Å². The summed E-state index contributed by atoms with van der Waals surface area (Å²) in [6.45, 7) is 0. The topological polar surface area (TPSA) is 60.0 Å². The van der Waals surface area contributed by atoms with E-state index in [1.165, 1.54) is 11.3 Å². The maximum Gasteiger partial charge on any atom is 0.137 e. The molecule has 5 nitrogen and oxygen atoms in total. The second-order valence-electron chi connectivity index (χ2n) is 2.03. The van der Waals surface area contributed by atoms with Gasteiger partial charge >= 0.3 is 0 Å². The average Bonchev–Trinajstić information content (AvgIpc) is 2.15. The van der Waals surface area contributed by atoms with Crippen molar-refractivity contribution in [3.63, 3.8) is 0 Å². The smallest absolute Gasteiger partial charge is 0.137 e. The predicted molar refractivity (Wildman–Crippen MR) is 38.9 cm³/mol. The Morgan fingerprint density at radius 2 is 2.00 bits per heavy atom. The Bertz CT molecular complexity index is 142. The van der Waals surface area contributed by atoms with E-state index in [0.717, 1.165) is 0 Å². The standard InChI is InChI=1S/C3H5N3.C2H8N2/c1-6-3-4-2-5-6;1-4(2)3/h2-3H,1H3;3H2,1-2H3. The van der Waals surface area contributed by atoms with Gasteiger partial charge in [0.1, 0.15) is 12.7 Å². The van der Waals surface area contributed by atoms with Crippen LogP contribution in [0.25, 0.3) is 0 Å². The Morgan fingerprint density at radius 3 is 2.10 bits per heavy atom. The van der Waals surface area contributed by atoms with Crippen molar-refractivity contribution in [1.29, 1.82) is 0 Å². The van der Waals surface area contributed by atoms with Gasteiger partial charge < -0.3 is 0 Å². The summed E-state index contributed by atoms with van der Waals surface area (Å²) in [5.74, 6) is 4.94. The van der Waals surface area contributed by atoms with Gasteiger partial charge in [0, 0.05) is 21.1 Å². The molecule has 58 valence electrons. The van der Waals surface area contributed by atoms with E-state index < -0.39 is 0 Å². The Kier molecular flexibility index (Phi) is 4.43. The first-order valence-electron chi connectivity index (χ1n) is 2.83. The second kappa shape index (κ2) is 4.89. The molecule has 0 aliphatic carbocycles. The summed E-state index contributed by atoms with van der Waals surface area (Å²) in [6, 6.07) is 0. The van der Waals surface area contributed by atoms with Crippen molar-refractivity contribution in [2.24, 2.45) is 12.9 Å². The van der Waals surface area contributed by atoms with Gasteiger partial charge in [-0.15, -0.1) is 0 Å². The van der Waals surface area contributed by atoms with Gasteiger partial charge in [-0.2, -0.15) is 5.10 Å². The van der Waals surface area contributed by atoms with Crippen LogP contribution < -0.4 is 5.84 Å². The van der Waals surface area contributed by atoms with Gasteiger partial charge in [-0.25, -0.2) is 4.98 Å². The highest BCUT2D eigenvalue weighted by Crippen LogP contribution is 1.64. The van der Waals surface area contributed by atoms with E-state index in [2.05, 4.69) is 10.1 Å². The third-order valence-corrected chi connectivity index (χ3v) is 0.534. The minimum absolute atomic E-state index is 1.50. The number of hydrogen-bond donors (Lipinski definition) is 1. The molecule has 0 saturated heterocycles. The maximum atomic E-state index is 4.94. The normalized spacial score (nSPS) is 8.90. The molecule has 1 aromatic rings. The Balaban J connectivity index is 0.000000180. The van der Waals surface area contributed by atoms with Crippen molar-refractivity contribution < 1.29 is 0 Å². The van der Waals surface area contributed by atoms with Gasteiger partial charge in [-0.3, -0.25) is 15.5 Å². The fourth-order valence-corrected chi connectivity index (χ4v) is 0.267. The Morgan fingerprint density at radius 1 is 1.50 bits per heavy atom. The number of hydrazine groups is 1. The summed E-state index contributed by atoms with van der Waals surface area (Å²) in [5, 5.41) is 5.22. The van der Waals surface area contributed by atoms with E-state index in [-0.39, 0.29) is 0 Å². The van der Waals surface area contributed by atoms with Crippen LogP contribution in [0, 0.1) is 0 Å². The third-order valence-electron chi connectivity index (χ3n) is 0.534. The first-order valence-corrected chi connectivity index (χ1v) is 2.83. The van der Waals surface area contributed by atoms with E-state index in [9.17, 15) is 0 Å². The van der Waals surface area contributed by atoms with Crippen LogP contribution >= 0.6 is 0 Å². The maximum absolute atomic E-state index is 4.94. The Labute approximate surface area is 60.4 Å². The molecule has 0 aliphatic rings. The lowest BCUT2D eigenvalue weighted by molar-refractivity contribution is 0.432. The molecule has 2 N–H and O–H groups in total. The summed E-state index contributed by atoms with van der Waals surface area (Å²) in [4.78, 5) is 3.67. The zero-order valence-electron chi connectivity index (χ0n) is 6.52. The number of nitrogens with two attached hydrogens (primary N) is 1. The zero-order valence-corrected chi connectivity index (χ0v) is 6.52. The SMILES string of the molecule is CN(C)N.Cn1cncn1. The van der Waals surface area contributed by atoms with E-state index in [1.54, 1.807) is 25.1 Å². The van der Waals surface area contributed by atoms with Crippen molar-refractivity contribution in [1.82, 2.24) is 19.8 Å². The second-order valence-corrected chi connectivity index (χ2v) is 2.03. The molecule has 1 rings (SSSR count). The number of aryl methyl sites for hydroxylation is 1.